The van der Waals surface area contributed by atoms with Crippen LogP contribution in [0.5, 0.6) is 0 Å². The molecule has 1 aliphatic rings. The highest BCUT2D eigenvalue weighted by molar-refractivity contribution is 6.04. The first kappa shape index (κ1) is 17.0. The molecule has 0 aliphatic carbocycles. The van der Waals surface area contributed by atoms with Crippen LogP contribution in [0.4, 0.5) is 5.69 Å². The summed E-state index contributed by atoms with van der Waals surface area (Å²) in [6.07, 6.45) is 1.62. The van der Waals surface area contributed by atoms with Crippen molar-refractivity contribution in [1.29, 1.82) is 0 Å². The van der Waals surface area contributed by atoms with Crippen LogP contribution in [0.25, 0.3) is 32.9 Å². The molecule has 1 fully saturated rings. The van der Waals surface area contributed by atoms with Crippen LogP contribution in [-0.4, -0.2) is 40.9 Å². The van der Waals surface area contributed by atoms with Gasteiger partial charge in [-0.2, -0.15) is 5.10 Å². The number of nitrogens with zero attached hydrogens (tertiary/aromatic N) is 3. The number of hydrogen-bond donors (Lipinski definition) is 2. The maximum Gasteiger partial charge on any atom is 0.262 e. The molecule has 1 saturated heterocycles. The molecule has 142 valence electrons. The summed E-state index contributed by atoms with van der Waals surface area (Å²) in [4.78, 5) is 15.2. The number of aryl methyl sites for hydroxylation is 1. The van der Waals surface area contributed by atoms with E-state index in [0.29, 0.717) is 11.9 Å². The first-order valence-electron chi connectivity index (χ1n) is 9.82. The van der Waals surface area contributed by atoms with E-state index in [4.69, 9.17) is 0 Å². The van der Waals surface area contributed by atoms with Crippen molar-refractivity contribution in [2.24, 2.45) is 0 Å². The molecule has 6 nitrogen and oxygen atoms in total. The van der Waals surface area contributed by atoms with Gasteiger partial charge in [-0.1, -0.05) is 24.3 Å². The molecule has 0 bridgehead atoms. The van der Waals surface area contributed by atoms with Crippen LogP contribution in [-0.2, 0) is 6.54 Å². The second kappa shape index (κ2) is 6.80. The molecule has 2 aromatic heterocycles. The third-order valence-electron chi connectivity index (χ3n) is 5.67. The van der Waals surface area contributed by atoms with E-state index in [0.717, 1.165) is 53.7 Å². The number of piperazine rings is 1. The second-order valence-corrected chi connectivity index (χ2v) is 7.22. The summed E-state index contributed by atoms with van der Waals surface area (Å²) in [6.45, 7) is 6.77. The van der Waals surface area contributed by atoms with Crippen molar-refractivity contribution in [3.8, 4) is 11.1 Å². The zero-order valence-corrected chi connectivity index (χ0v) is 15.9. The van der Waals surface area contributed by atoms with Crippen molar-refractivity contribution in [3.05, 3.63) is 59.0 Å². The monoisotopic (exact) mass is 373 g/mol. The quantitative estimate of drug-likeness (QED) is 0.579. The van der Waals surface area contributed by atoms with E-state index in [1.807, 2.05) is 11.5 Å². The Kier molecular flexibility index (Phi) is 4.13. The van der Waals surface area contributed by atoms with E-state index in [-0.39, 0.29) is 5.56 Å². The van der Waals surface area contributed by atoms with Gasteiger partial charge in [-0.3, -0.25) is 9.89 Å². The summed E-state index contributed by atoms with van der Waals surface area (Å²) in [6, 6.07) is 15.0. The SMILES string of the molecule is CCn1c(=O)c2cn[nH]c2c2ccc(-c3ccc(N4CCNCC4)cc3)cc21. The van der Waals surface area contributed by atoms with Crippen molar-refractivity contribution >= 4 is 27.5 Å². The molecule has 0 unspecified atom stereocenters. The fourth-order valence-corrected chi connectivity index (χ4v) is 4.16. The average molecular weight is 373 g/mol. The summed E-state index contributed by atoms with van der Waals surface area (Å²) in [5.41, 5.74) is 5.28. The molecular weight excluding hydrogens is 350 g/mol. The summed E-state index contributed by atoms with van der Waals surface area (Å²) < 4.78 is 1.83. The number of fused-ring (bicyclic) bond motifs is 3. The zero-order chi connectivity index (χ0) is 19.1. The second-order valence-electron chi connectivity index (χ2n) is 7.22. The molecule has 0 spiro atoms. The molecule has 2 N–H and O–H groups in total. The highest BCUT2D eigenvalue weighted by atomic mass is 16.1. The Bertz CT molecular complexity index is 1200. The van der Waals surface area contributed by atoms with E-state index in [1.165, 1.54) is 5.69 Å². The molecular formula is C22H23N5O. The predicted molar refractivity (Wildman–Crippen MR) is 114 cm³/mol. The highest BCUT2D eigenvalue weighted by Crippen LogP contribution is 2.28. The van der Waals surface area contributed by atoms with Gasteiger partial charge >= 0.3 is 0 Å². The molecule has 1 aliphatic heterocycles. The van der Waals surface area contributed by atoms with Crippen LogP contribution in [0.1, 0.15) is 6.92 Å². The Labute approximate surface area is 162 Å². The minimum atomic E-state index is 0.00459. The number of benzene rings is 2. The van der Waals surface area contributed by atoms with Gasteiger partial charge in [0, 0.05) is 43.8 Å². The Morgan fingerprint density at radius 2 is 1.75 bits per heavy atom. The van der Waals surface area contributed by atoms with E-state index in [1.54, 1.807) is 6.20 Å². The standard InChI is InChI=1S/C22H23N5O/c1-2-27-20-13-16(5-8-18(20)21-19(22(27)28)14-24-25-21)15-3-6-17(7-4-15)26-11-9-23-10-12-26/h3-8,13-14,23H,2,9-12H2,1H3,(H,24,25). The van der Waals surface area contributed by atoms with Crippen molar-refractivity contribution in [3.63, 3.8) is 0 Å². The molecule has 0 atom stereocenters. The third kappa shape index (κ3) is 2.68. The molecule has 0 amide bonds. The molecule has 2 aromatic carbocycles. The van der Waals surface area contributed by atoms with E-state index in [9.17, 15) is 4.79 Å². The van der Waals surface area contributed by atoms with Crippen molar-refractivity contribution in [2.75, 3.05) is 31.1 Å². The van der Waals surface area contributed by atoms with Gasteiger partial charge in [0.1, 0.15) is 0 Å². The smallest absolute Gasteiger partial charge is 0.262 e. The molecule has 0 saturated carbocycles. The lowest BCUT2D eigenvalue weighted by atomic mass is 10.0. The van der Waals surface area contributed by atoms with Gasteiger partial charge < -0.3 is 14.8 Å². The molecule has 4 aromatic rings. The molecule has 6 heteroatoms. The van der Waals surface area contributed by atoms with Crippen LogP contribution in [0.2, 0.25) is 0 Å². The van der Waals surface area contributed by atoms with E-state index in [2.05, 4.69) is 62.9 Å². The van der Waals surface area contributed by atoms with Crippen LogP contribution >= 0.6 is 0 Å². The molecule has 3 heterocycles. The van der Waals surface area contributed by atoms with Gasteiger partial charge in [0.15, 0.2) is 0 Å². The maximum atomic E-state index is 12.8. The summed E-state index contributed by atoms with van der Waals surface area (Å²) >= 11 is 0. The summed E-state index contributed by atoms with van der Waals surface area (Å²) in [5.74, 6) is 0. The number of nitrogens with one attached hydrogen (secondary N) is 2. The predicted octanol–water partition coefficient (Wildman–Crippen LogP) is 2.97. The number of pyridine rings is 1. The first-order chi connectivity index (χ1) is 13.8. The Balaban J connectivity index is 1.59. The number of aromatic nitrogens is 3. The van der Waals surface area contributed by atoms with Gasteiger partial charge in [0.2, 0.25) is 0 Å². The van der Waals surface area contributed by atoms with Crippen molar-refractivity contribution in [2.45, 2.75) is 13.5 Å². The number of rotatable bonds is 3. The third-order valence-corrected chi connectivity index (χ3v) is 5.67. The maximum absolute atomic E-state index is 12.8. The Morgan fingerprint density at radius 3 is 2.50 bits per heavy atom. The van der Waals surface area contributed by atoms with Crippen molar-refractivity contribution in [1.82, 2.24) is 20.1 Å². The van der Waals surface area contributed by atoms with Crippen LogP contribution in [0.15, 0.2) is 53.5 Å². The number of H-pyrrole nitrogens is 1. The first-order valence-corrected chi connectivity index (χ1v) is 9.82. The minimum absolute atomic E-state index is 0.00459. The lowest BCUT2D eigenvalue weighted by Gasteiger charge is -2.29. The molecule has 28 heavy (non-hydrogen) atoms. The van der Waals surface area contributed by atoms with Gasteiger partial charge in [-0.05, 0) is 36.2 Å². The lowest BCUT2D eigenvalue weighted by Crippen LogP contribution is -2.43. The van der Waals surface area contributed by atoms with Gasteiger partial charge in [-0.15, -0.1) is 0 Å². The largest absolute Gasteiger partial charge is 0.369 e. The van der Waals surface area contributed by atoms with Crippen LogP contribution in [0, 0.1) is 0 Å². The Morgan fingerprint density at radius 1 is 1.00 bits per heavy atom. The Hall–Kier alpha value is -3.12. The molecule has 5 rings (SSSR count). The van der Waals surface area contributed by atoms with Crippen LogP contribution in [0.3, 0.4) is 0 Å². The molecule has 0 radical (unpaired) electrons. The fraction of sp³-hybridized carbons (Fsp3) is 0.273. The number of anilines is 1. The van der Waals surface area contributed by atoms with E-state index >= 15 is 0 Å². The fourth-order valence-electron chi connectivity index (χ4n) is 4.16. The topological polar surface area (TPSA) is 66.0 Å². The lowest BCUT2D eigenvalue weighted by molar-refractivity contribution is 0.589. The van der Waals surface area contributed by atoms with Crippen LogP contribution < -0.4 is 15.8 Å². The number of hydrogen-bond acceptors (Lipinski definition) is 4. The zero-order valence-electron chi connectivity index (χ0n) is 15.9. The minimum Gasteiger partial charge on any atom is -0.369 e. The van der Waals surface area contributed by atoms with Crippen molar-refractivity contribution < 1.29 is 0 Å². The highest BCUT2D eigenvalue weighted by Gasteiger charge is 2.13. The van der Waals surface area contributed by atoms with Gasteiger partial charge in [0.05, 0.1) is 22.6 Å². The van der Waals surface area contributed by atoms with E-state index < -0.39 is 0 Å². The average Bonchev–Trinajstić information content (AvgIpc) is 3.25. The normalized spacial score (nSPS) is 14.8. The van der Waals surface area contributed by atoms with Gasteiger partial charge in [-0.25, -0.2) is 0 Å². The summed E-state index contributed by atoms with van der Waals surface area (Å²) in [5, 5.41) is 12.1. The van der Waals surface area contributed by atoms with Gasteiger partial charge in [0.25, 0.3) is 5.56 Å². The summed E-state index contributed by atoms with van der Waals surface area (Å²) in [7, 11) is 0. The number of aromatic amines is 1.